The molecular formula is C48H62N4O8. The maximum absolute atomic E-state index is 12.2. The topological polar surface area (TPSA) is 158 Å². The number of aliphatic carboxylic acids is 2. The number of carboxylic acids is 2. The number of likely N-dealkylation sites (N-methyl/N-ethyl adjacent to an activating group) is 2. The van der Waals surface area contributed by atoms with Crippen molar-refractivity contribution in [3.63, 3.8) is 0 Å². The average molecular weight is 823 g/mol. The van der Waals surface area contributed by atoms with Gasteiger partial charge in [-0.1, -0.05) is 110 Å². The zero-order valence-corrected chi connectivity index (χ0v) is 35.8. The van der Waals surface area contributed by atoms with Crippen molar-refractivity contribution in [2.75, 3.05) is 40.3 Å². The number of nitrogens with one attached hydrogen (secondary N) is 2. The molecule has 0 spiro atoms. The summed E-state index contributed by atoms with van der Waals surface area (Å²) < 4.78 is 9.64. The first-order chi connectivity index (χ1) is 28.8. The van der Waals surface area contributed by atoms with E-state index in [1.165, 1.54) is 74.4 Å². The average Bonchev–Trinajstić information content (AvgIpc) is 3.25. The highest BCUT2D eigenvalue weighted by atomic mass is 16.6. The first kappa shape index (κ1) is 47.3. The van der Waals surface area contributed by atoms with Crippen LogP contribution in [0, 0.1) is 25.7 Å². The van der Waals surface area contributed by atoms with E-state index in [4.69, 9.17) is 9.47 Å². The predicted octanol–water partition coefficient (Wildman–Crippen LogP) is 6.46. The van der Waals surface area contributed by atoms with Gasteiger partial charge in [0.05, 0.1) is 11.1 Å². The Morgan fingerprint density at radius 1 is 0.583 bits per heavy atom. The maximum Gasteiger partial charge on any atom is 0.349 e. The molecule has 2 fully saturated rings. The van der Waals surface area contributed by atoms with Crippen LogP contribution >= 0.6 is 0 Å². The molecule has 0 bridgehead atoms. The summed E-state index contributed by atoms with van der Waals surface area (Å²) in [5.74, 6) is -4.02. The second-order valence-corrected chi connectivity index (χ2v) is 15.8. The van der Waals surface area contributed by atoms with E-state index >= 15 is 0 Å². The minimum Gasteiger partial charge on any atom is -0.478 e. The first-order valence-corrected chi connectivity index (χ1v) is 20.7. The number of benzene rings is 4. The van der Waals surface area contributed by atoms with E-state index in [0.29, 0.717) is 12.1 Å². The summed E-state index contributed by atoms with van der Waals surface area (Å²) in [6.45, 7) is 15.3. The summed E-state index contributed by atoms with van der Waals surface area (Å²) >= 11 is 0. The van der Waals surface area contributed by atoms with Crippen molar-refractivity contribution in [2.45, 2.75) is 77.9 Å². The van der Waals surface area contributed by atoms with Gasteiger partial charge in [-0.3, -0.25) is 9.80 Å². The van der Waals surface area contributed by atoms with Gasteiger partial charge in [0.1, 0.15) is 0 Å². The lowest BCUT2D eigenvalue weighted by atomic mass is 9.93. The Morgan fingerprint density at radius 2 is 0.917 bits per heavy atom. The van der Waals surface area contributed by atoms with Gasteiger partial charge in [0.15, 0.2) is 0 Å². The number of ether oxygens (including phenoxy) is 2. The molecule has 0 aliphatic carbocycles. The summed E-state index contributed by atoms with van der Waals surface area (Å²) in [4.78, 5) is 52.4. The number of esters is 2. The lowest BCUT2D eigenvalue weighted by Gasteiger charge is -2.37. The van der Waals surface area contributed by atoms with E-state index in [-0.39, 0.29) is 11.1 Å². The molecule has 0 radical (unpaired) electrons. The molecule has 6 atom stereocenters. The summed E-state index contributed by atoms with van der Waals surface area (Å²) in [5, 5.41) is 25.5. The van der Waals surface area contributed by atoms with Crippen molar-refractivity contribution < 1.29 is 38.9 Å². The van der Waals surface area contributed by atoms with E-state index in [2.05, 4.69) is 109 Å². The summed E-state index contributed by atoms with van der Waals surface area (Å²) in [6.07, 6.45) is -1.84. The maximum atomic E-state index is 12.2. The minimum absolute atomic E-state index is 0.0332. The van der Waals surface area contributed by atoms with Crippen molar-refractivity contribution >= 4 is 23.9 Å². The van der Waals surface area contributed by atoms with Crippen LogP contribution < -0.4 is 10.6 Å². The summed E-state index contributed by atoms with van der Waals surface area (Å²) in [6, 6.07) is 34.9. The fourth-order valence-corrected chi connectivity index (χ4v) is 7.23. The Labute approximate surface area is 354 Å². The SMILES string of the molecule is CN[C@H]1CN(Cc2ccccc2)CCC1C.CN[C@H]1CN(Cc2ccccc2)CCC1C.Cc1ccc(C(=O)OC(C(=O)O)[C@@H](OC(=O)c2ccc(C)cc2)C(=O)O)cc1. The van der Waals surface area contributed by atoms with Gasteiger partial charge in [-0.15, -0.1) is 0 Å². The van der Waals surface area contributed by atoms with Crippen molar-refractivity contribution in [2.24, 2.45) is 11.8 Å². The molecule has 2 aliphatic rings. The molecule has 4 aromatic rings. The Kier molecular flexibility index (Phi) is 18.9. The second-order valence-electron chi connectivity index (χ2n) is 15.8. The van der Waals surface area contributed by atoms with E-state index in [1.54, 1.807) is 38.1 Å². The third-order valence-corrected chi connectivity index (χ3v) is 11.1. The lowest BCUT2D eigenvalue weighted by Crippen LogP contribution is -2.48. The van der Waals surface area contributed by atoms with Crippen LogP contribution in [0.25, 0.3) is 0 Å². The third kappa shape index (κ3) is 15.0. The van der Waals surface area contributed by atoms with Crippen LogP contribution in [0.1, 0.15) is 69.7 Å². The van der Waals surface area contributed by atoms with Crippen molar-refractivity contribution in [1.82, 2.24) is 20.4 Å². The standard InChI is InChI=1S/C20H18O8.2C14H22N2/c1-11-3-7-13(8-4-11)19(25)27-15(17(21)22)16(18(23)24)28-20(26)14-9-5-12(2)6-10-14;2*1-12-8-9-16(11-14(12)15-2)10-13-6-4-3-5-7-13/h3-10,15-16H,1-2H3,(H,21,22)(H,23,24);2*3-7,12,14-15H,8-11H2,1-2H3/t15-,16?;2*12?,14-/m100/s1. The number of aryl methyl sites for hydroxylation is 2. The lowest BCUT2D eigenvalue weighted by molar-refractivity contribution is -0.166. The minimum atomic E-state index is -2.22. The molecule has 2 aliphatic heterocycles. The van der Waals surface area contributed by atoms with Crippen LogP contribution in [-0.2, 0) is 32.2 Å². The molecule has 12 nitrogen and oxygen atoms in total. The van der Waals surface area contributed by atoms with E-state index in [9.17, 15) is 29.4 Å². The third-order valence-electron chi connectivity index (χ3n) is 11.1. The van der Waals surface area contributed by atoms with Crippen LogP contribution in [0.5, 0.6) is 0 Å². The van der Waals surface area contributed by atoms with E-state index in [1.807, 2.05) is 0 Å². The number of rotatable bonds is 13. The number of hydrogen-bond acceptors (Lipinski definition) is 10. The molecule has 60 heavy (non-hydrogen) atoms. The molecule has 3 unspecified atom stereocenters. The molecule has 2 saturated heterocycles. The highest BCUT2D eigenvalue weighted by molar-refractivity contribution is 5.95. The van der Waals surface area contributed by atoms with Crippen LogP contribution in [-0.4, -0.2) is 108 Å². The fourth-order valence-electron chi connectivity index (χ4n) is 7.23. The van der Waals surface area contributed by atoms with Crippen LogP contribution in [0.3, 0.4) is 0 Å². The predicted molar refractivity (Wildman–Crippen MR) is 233 cm³/mol. The largest absolute Gasteiger partial charge is 0.478 e. The van der Waals surface area contributed by atoms with Crippen LogP contribution in [0.2, 0.25) is 0 Å². The van der Waals surface area contributed by atoms with Crippen molar-refractivity contribution in [3.05, 3.63) is 143 Å². The van der Waals surface area contributed by atoms with E-state index in [0.717, 1.165) is 36.1 Å². The van der Waals surface area contributed by atoms with E-state index < -0.39 is 36.1 Å². The number of carboxylic acid groups (broad SMARTS) is 2. The molecule has 0 aromatic heterocycles. The van der Waals surface area contributed by atoms with Gasteiger partial charge in [-0.25, -0.2) is 19.2 Å². The van der Waals surface area contributed by atoms with Crippen LogP contribution in [0.15, 0.2) is 109 Å². The summed E-state index contributed by atoms with van der Waals surface area (Å²) in [5.41, 5.74) is 4.64. The normalized spacial score (nSPS) is 20.2. The van der Waals surface area contributed by atoms with Gasteiger partial charge in [0, 0.05) is 38.3 Å². The second kappa shape index (κ2) is 24.0. The quantitative estimate of drug-likeness (QED) is 0.109. The zero-order valence-electron chi connectivity index (χ0n) is 35.8. The van der Waals surface area contributed by atoms with Gasteiger partial charge >= 0.3 is 23.9 Å². The Morgan fingerprint density at radius 3 is 1.22 bits per heavy atom. The fraction of sp³-hybridized carbons (Fsp3) is 0.417. The molecule has 4 aromatic carbocycles. The Hall–Kier alpha value is -5.40. The van der Waals surface area contributed by atoms with Crippen LogP contribution in [0.4, 0.5) is 0 Å². The summed E-state index contributed by atoms with van der Waals surface area (Å²) in [7, 11) is 4.15. The van der Waals surface area contributed by atoms with Gasteiger partial charge in [-0.2, -0.15) is 0 Å². The Bertz CT molecular complexity index is 1790. The number of hydrogen-bond donors (Lipinski definition) is 4. The molecular weight excluding hydrogens is 761 g/mol. The molecule has 322 valence electrons. The smallest absolute Gasteiger partial charge is 0.349 e. The van der Waals surface area contributed by atoms with Crippen molar-refractivity contribution in [1.29, 1.82) is 0 Å². The number of carbonyl (C=O) groups excluding carboxylic acids is 2. The van der Waals surface area contributed by atoms with Crippen molar-refractivity contribution in [3.8, 4) is 0 Å². The van der Waals surface area contributed by atoms with Gasteiger partial charge in [-0.05, 0) is 101 Å². The molecule has 0 saturated carbocycles. The molecule has 2 heterocycles. The van der Waals surface area contributed by atoms with Gasteiger partial charge < -0.3 is 30.3 Å². The Balaban J connectivity index is 0.000000212. The van der Waals surface area contributed by atoms with Gasteiger partial charge in [0.2, 0.25) is 12.2 Å². The number of piperidine rings is 2. The number of carbonyl (C=O) groups is 4. The van der Waals surface area contributed by atoms with Gasteiger partial charge in [0.25, 0.3) is 0 Å². The zero-order chi connectivity index (χ0) is 43.6. The molecule has 0 amide bonds. The highest BCUT2D eigenvalue weighted by Gasteiger charge is 2.41. The first-order valence-electron chi connectivity index (χ1n) is 20.7. The number of likely N-dealkylation sites (tertiary alicyclic amines) is 2. The number of nitrogens with zero attached hydrogens (tertiary/aromatic N) is 2. The molecule has 12 heteroatoms. The monoisotopic (exact) mass is 822 g/mol. The molecule has 4 N–H and O–H groups in total. The molecule has 6 rings (SSSR count). The highest BCUT2D eigenvalue weighted by Crippen LogP contribution is 2.20.